The van der Waals surface area contributed by atoms with Crippen LogP contribution < -0.4 is 22.2 Å². The van der Waals surface area contributed by atoms with Crippen LogP contribution in [0.4, 0.5) is 5.82 Å². The van der Waals surface area contributed by atoms with E-state index in [1.54, 1.807) is 0 Å². The number of nitrogens with zero attached hydrogens (tertiary/aromatic N) is 2. The first-order chi connectivity index (χ1) is 18.8. The highest BCUT2D eigenvalue weighted by atomic mass is 31.2. The van der Waals surface area contributed by atoms with Crippen molar-refractivity contribution in [1.29, 1.82) is 0 Å². The van der Waals surface area contributed by atoms with E-state index in [2.05, 4.69) is 10.3 Å². The zero-order chi connectivity index (χ0) is 27.5. The van der Waals surface area contributed by atoms with Gasteiger partial charge in [0.05, 0.1) is 12.1 Å². The molecule has 10 nitrogen and oxygen atoms in total. The summed E-state index contributed by atoms with van der Waals surface area (Å²) >= 11 is 0. The number of nitrogens with two attached hydrogens (primary N) is 2. The summed E-state index contributed by atoms with van der Waals surface area (Å²) in [7, 11) is -2.22. The van der Waals surface area contributed by atoms with E-state index >= 15 is 0 Å². The summed E-state index contributed by atoms with van der Waals surface area (Å²) in [5.41, 5.74) is 10.4. The smallest absolute Gasteiger partial charge is 0.351 e. The molecule has 0 saturated carbocycles. The van der Waals surface area contributed by atoms with E-state index in [-0.39, 0.29) is 18.8 Å². The summed E-state index contributed by atoms with van der Waals surface area (Å²) < 4.78 is 12.8. The van der Waals surface area contributed by atoms with Crippen molar-refractivity contribution in [3.8, 4) is 0 Å². The minimum absolute atomic E-state index is 0.0469. The number of aliphatic hydroxyl groups is 1. The van der Waals surface area contributed by atoms with Gasteiger partial charge in [-0.1, -0.05) is 91.0 Å². The van der Waals surface area contributed by atoms with Gasteiger partial charge in [0.1, 0.15) is 23.9 Å². The monoisotopic (exact) mass is 547 g/mol. The number of rotatable bonds is 9. The van der Waals surface area contributed by atoms with Crippen LogP contribution in [0, 0.1) is 0 Å². The molecule has 4 aromatic rings. The Bertz CT molecular complexity index is 1340. The second-order valence-electron chi connectivity index (χ2n) is 9.32. The molecule has 5 rings (SSSR count). The van der Waals surface area contributed by atoms with Gasteiger partial charge in [-0.15, -0.1) is 0 Å². The minimum atomic E-state index is -2.22. The molecule has 0 aliphatic carbocycles. The van der Waals surface area contributed by atoms with Crippen molar-refractivity contribution < 1.29 is 19.3 Å². The highest BCUT2D eigenvalue weighted by Gasteiger charge is 2.54. The first-order valence-electron chi connectivity index (χ1n) is 12.4. The predicted molar refractivity (Wildman–Crippen MR) is 148 cm³/mol. The minimum Gasteiger partial charge on any atom is -0.383 e. The molecule has 202 valence electrons. The summed E-state index contributed by atoms with van der Waals surface area (Å²) in [6.07, 6.45) is -0.503. The van der Waals surface area contributed by atoms with Crippen molar-refractivity contribution in [3.05, 3.63) is 130 Å². The summed E-state index contributed by atoms with van der Waals surface area (Å²) in [5.74, 6) is 0.0767. The van der Waals surface area contributed by atoms with Crippen LogP contribution in [0.3, 0.4) is 0 Å². The van der Waals surface area contributed by atoms with E-state index in [9.17, 15) is 14.8 Å². The second kappa shape index (κ2) is 11.3. The SMILES string of the molecule is Nc1ccn([C@H]2C[C@@](O)(NC(c3ccccc3)(c3ccccc3)c3ccccc3)[C@@H](COP(N)O)O2)c(=O)n1. The molecular weight excluding hydrogens is 517 g/mol. The van der Waals surface area contributed by atoms with Crippen molar-refractivity contribution in [1.82, 2.24) is 14.9 Å². The van der Waals surface area contributed by atoms with Crippen LogP contribution in [0.5, 0.6) is 0 Å². The van der Waals surface area contributed by atoms with E-state index in [0.29, 0.717) is 0 Å². The Kier molecular flexibility index (Phi) is 7.88. The summed E-state index contributed by atoms with van der Waals surface area (Å²) in [5, 5.41) is 15.9. The summed E-state index contributed by atoms with van der Waals surface area (Å²) in [6, 6.07) is 30.8. The highest BCUT2D eigenvalue weighted by molar-refractivity contribution is 7.43. The largest absolute Gasteiger partial charge is 0.383 e. The summed E-state index contributed by atoms with van der Waals surface area (Å²) in [6.45, 7) is -0.232. The number of hydrogen-bond donors (Lipinski definition) is 5. The highest BCUT2D eigenvalue weighted by Crippen LogP contribution is 2.44. The Labute approximate surface area is 226 Å². The van der Waals surface area contributed by atoms with E-state index in [0.717, 1.165) is 16.7 Å². The van der Waals surface area contributed by atoms with Crippen LogP contribution in [0.15, 0.2) is 108 Å². The molecule has 3 aromatic carbocycles. The average Bonchev–Trinajstić information content (AvgIpc) is 3.27. The maximum atomic E-state index is 12.7. The Morgan fingerprint density at radius 1 is 1.00 bits per heavy atom. The average molecular weight is 548 g/mol. The summed E-state index contributed by atoms with van der Waals surface area (Å²) in [4.78, 5) is 26.2. The molecule has 1 aliphatic heterocycles. The molecular formula is C28H30N5O5P. The number of aromatic nitrogens is 2. The number of hydrogen-bond acceptors (Lipinski definition) is 9. The van der Waals surface area contributed by atoms with Crippen molar-refractivity contribution >= 4 is 14.3 Å². The Balaban J connectivity index is 1.66. The molecule has 0 bridgehead atoms. The van der Waals surface area contributed by atoms with E-state index in [1.807, 2.05) is 91.0 Å². The topological polar surface area (TPSA) is 158 Å². The third-order valence-corrected chi connectivity index (χ3v) is 7.30. The van der Waals surface area contributed by atoms with Gasteiger partial charge >= 0.3 is 5.69 Å². The number of benzene rings is 3. The quantitative estimate of drug-likeness (QED) is 0.121. The number of nitrogens with one attached hydrogen (secondary N) is 1. The van der Waals surface area contributed by atoms with Gasteiger partial charge in [-0.25, -0.2) is 4.79 Å². The van der Waals surface area contributed by atoms with E-state index in [4.69, 9.17) is 20.5 Å². The molecule has 1 unspecified atom stereocenters. The lowest BCUT2D eigenvalue weighted by atomic mass is 9.75. The van der Waals surface area contributed by atoms with Crippen LogP contribution >= 0.6 is 8.53 Å². The Morgan fingerprint density at radius 3 is 1.97 bits per heavy atom. The fourth-order valence-corrected chi connectivity index (χ4v) is 5.40. The van der Waals surface area contributed by atoms with Crippen LogP contribution in [-0.2, 0) is 14.8 Å². The zero-order valence-electron chi connectivity index (χ0n) is 21.0. The van der Waals surface area contributed by atoms with Crippen molar-refractivity contribution in [2.75, 3.05) is 12.3 Å². The molecule has 0 radical (unpaired) electrons. The molecule has 1 saturated heterocycles. The van der Waals surface area contributed by atoms with Gasteiger partial charge in [0.15, 0.2) is 0 Å². The molecule has 1 aromatic heterocycles. The van der Waals surface area contributed by atoms with Crippen molar-refractivity contribution in [2.45, 2.75) is 30.0 Å². The number of ether oxygens (including phenoxy) is 1. The molecule has 7 N–H and O–H groups in total. The number of anilines is 1. The molecule has 11 heteroatoms. The maximum absolute atomic E-state index is 12.7. The first-order valence-corrected chi connectivity index (χ1v) is 13.6. The standard InChI is InChI=1S/C28H30N5O5P/c29-24-16-17-33(26(34)31-24)25-18-27(35,23(38-25)19-37-39(30)36)32-28(20-10-4-1-5-11-20,21-12-6-2-7-13-21)22-14-8-3-9-15-22/h1-17,23,25,32,35-36H,18-19,30H2,(H2,29,31,34)/t23-,25-,27+,39?/m1/s1. The maximum Gasteiger partial charge on any atom is 0.351 e. The van der Waals surface area contributed by atoms with Crippen molar-refractivity contribution in [3.63, 3.8) is 0 Å². The molecule has 2 heterocycles. The van der Waals surface area contributed by atoms with Crippen LogP contribution in [0.25, 0.3) is 0 Å². The normalized spacial score (nSPS) is 22.0. The van der Waals surface area contributed by atoms with Crippen molar-refractivity contribution in [2.24, 2.45) is 5.50 Å². The van der Waals surface area contributed by atoms with Crippen LogP contribution in [-0.4, -0.2) is 38.0 Å². The van der Waals surface area contributed by atoms with Gasteiger partial charge in [0.25, 0.3) is 0 Å². The third kappa shape index (κ3) is 5.50. The third-order valence-electron chi connectivity index (χ3n) is 6.88. The van der Waals surface area contributed by atoms with Gasteiger partial charge in [-0.05, 0) is 22.8 Å². The van der Waals surface area contributed by atoms with E-state index in [1.165, 1.54) is 16.8 Å². The Hall–Kier alpha value is -3.47. The zero-order valence-corrected chi connectivity index (χ0v) is 21.9. The molecule has 0 spiro atoms. The Morgan fingerprint density at radius 2 is 1.51 bits per heavy atom. The lowest BCUT2D eigenvalue weighted by molar-refractivity contribution is -0.100. The predicted octanol–water partition coefficient (Wildman–Crippen LogP) is 2.58. The van der Waals surface area contributed by atoms with Gasteiger partial charge < -0.3 is 25.0 Å². The van der Waals surface area contributed by atoms with Gasteiger partial charge in [0, 0.05) is 12.6 Å². The fourth-order valence-electron chi connectivity index (χ4n) is 5.12. The van der Waals surface area contributed by atoms with E-state index < -0.39 is 37.8 Å². The number of nitrogen functional groups attached to an aromatic ring is 1. The van der Waals surface area contributed by atoms with Gasteiger partial charge in [-0.3, -0.25) is 15.4 Å². The molecule has 1 fully saturated rings. The molecule has 39 heavy (non-hydrogen) atoms. The molecule has 1 aliphatic rings. The van der Waals surface area contributed by atoms with Gasteiger partial charge in [-0.2, -0.15) is 4.98 Å². The van der Waals surface area contributed by atoms with Crippen LogP contribution in [0.2, 0.25) is 0 Å². The second-order valence-corrected chi connectivity index (χ2v) is 10.2. The lowest BCUT2D eigenvalue weighted by Crippen LogP contribution is -2.62. The lowest BCUT2D eigenvalue weighted by Gasteiger charge is -2.44. The molecule has 0 amide bonds. The first kappa shape index (κ1) is 27.1. The van der Waals surface area contributed by atoms with Gasteiger partial charge in [0.2, 0.25) is 8.53 Å². The molecule has 4 atom stereocenters. The van der Waals surface area contributed by atoms with Crippen LogP contribution in [0.1, 0.15) is 29.3 Å². The fraction of sp³-hybridized carbons (Fsp3) is 0.214.